The van der Waals surface area contributed by atoms with Crippen LogP contribution < -0.4 is 5.32 Å². The smallest absolute Gasteiger partial charge is 0.238 e. The zero-order chi connectivity index (χ0) is 14.6. The minimum absolute atomic E-state index is 0.0687. The van der Waals surface area contributed by atoms with Gasteiger partial charge in [0.15, 0.2) is 0 Å². The van der Waals surface area contributed by atoms with E-state index in [0.29, 0.717) is 6.54 Å². The van der Waals surface area contributed by atoms with Crippen molar-refractivity contribution < 1.29 is 4.79 Å². The molecule has 0 aromatic carbocycles. The molecule has 1 unspecified atom stereocenters. The van der Waals surface area contributed by atoms with Crippen LogP contribution in [0.4, 0.5) is 0 Å². The Morgan fingerprint density at radius 2 is 2.25 bits per heavy atom. The van der Waals surface area contributed by atoms with Crippen LogP contribution >= 0.6 is 11.3 Å². The van der Waals surface area contributed by atoms with E-state index in [0.717, 1.165) is 6.54 Å². The van der Waals surface area contributed by atoms with E-state index in [-0.39, 0.29) is 17.5 Å². The normalized spacial score (nSPS) is 19.9. The zero-order valence-electron chi connectivity index (χ0n) is 12.8. The van der Waals surface area contributed by atoms with Gasteiger partial charge in [-0.2, -0.15) is 11.3 Å². The molecule has 1 saturated heterocycles. The van der Waals surface area contributed by atoms with Crippen molar-refractivity contribution in [2.45, 2.75) is 52.6 Å². The van der Waals surface area contributed by atoms with Gasteiger partial charge in [0, 0.05) is 6.54 Å². The van der Waals surface area contributed by atoms with E-state index in [1.807, 2.05) is 4.90 Å². The molecule has 1 amide bonds. The van der Waals surface area contributed by atoms with Gasteiger partial charge in [-0.05, 0) is 34.2 Å². The second kappa shape index (κ2) is 6.72. The van der Waals surface area contributed by atoms with Crippen molar-refractivity contribution in [3.63, 3.8) is 0 Å². The molecule has 1 aromatic rings. The summed E-state index contributed by atoms with van der Waals surface area (Å²) in [6.45, 7) is 8.08. The lowest BCUT2D eigenvalue weighted by atomic mass is 9.86. The number of hydrogen-bond donors (Lipinski definition) is 1. The molecular formula is C16H26N2OS. The monoisotopic (exact) mass is 294 g/mol. The fraction of sp³-hybridized carbons (Fsp3) is 0.688. The predicted octanol–water partition coefficient (Wildman–Crippen LogP) is 3.79. The molecule has 0 saturated carbocycles. The highest BCUT2D eigenvalue weighted by Crippen LogP contribution is 2.31. The van der Waals surface area contributed by atoms with E-state index in [2.05, 4.69) is 42.9 Å². The van der Waals surface area contributed by atoms with Crippen LogP contribution in [0.2, 0.25) is 0 Å². The number of carbonyl (C=O) groups excluding carboxylic acids is 1. The topological polar surface area (TPSA) is 32.3 Å². The highest BCUT2D eigenvalue weighted by Gasteiger charge is 2.35. The molecule has 1 fully saturated rings. The van der Waals surface area contributed by atoms with E-state index in [1.165, 1.54) is 31.2 Å². The summed E-state index contributed by atoms with van der Waals surface area (Å²) >= 11 is 1.69. The Labute approximate surface area is 126 Å². The van der Waals surface area contributed by atoms with Crippen molar-refractivity contribution in [3.8, 4) is 0 Å². The summed E-state index contributed by atoms with van der Waals surface area (Å²) in [4.78, 5) is 14.2. The molecule has 2 rings (SSSR count). The molecule has 3 nitrogen and oxygen atoms in total. The molecule has 0 radical (unpaired) electrons. The van der Waals surface area contributed by atoms with Crippen molar-refractivity contribution in [1.29, 1.82) is 0 Å². The Kier molecular flexibility index (Phi) is 5.22. The summed E-state index contributed by atoms with van der Waals surface area (Å²) in [5.41, 5.74) is 1.40. The summed E-state index contributed by atoms with van der Waals surface area (Å²) in [7, 11) is 0. The minimum Gasteiger partial charge on any atom is -0.321 e. The fourth-order valence-electron chi connectivity index (χ4n) is 2.84. The Hall–Kier alpha value is -0.870. The van der Waals surface area contributed by atoms with Gasteiger partial charge in [-0.15, -0.1) is 0 Å². The third kappa shape index (κ3) is 3.83. The lowest BCUT2D eigenvalue weighted by Crippen LogP contribution is -2.38. The van der Waals surface area contributed by atoms with E-state index >= 15 is 0 Å². The number of carbonyl (C=O) groups is 1. The van der Waals surface area contributed by atoms with Crippen molar-refractivity contribution >= 4 is 17.2 Å². The highest BCUT2D eigenvalue weighted by atomic mass is 32.1. The van der Waals surface area contributed by atoms with Crippen molar-refractivity contribution in [2.75, 3.05) is 13.1 Å². The van der Waals surface area contributed by atoms with Crippen LogP contribution in [0.15, 0.2) is 16.8 Å². The summed E-state index contributed by atoms with van der Waals surface area (Å²) in [5, 5.41) is 7.54. The molecule has 1 aromatic heterocycles. The lowest BCUT2D eigenvalue weighted by molar-refractivity contribution is -0.129. The van der Waals surface area contributed by atoms with Crippen LogP contribution in [-0.2, 0) is 4.79 Å². The van der Waals surface area contributed by atoms with Crippen molar-refractivity contribution in [1.82, 2.24) is 10.2 Å². The molecule has 4 heteroatoms. The predicted molar refractivity (Wildman–Crippen MR) is 84.7 cm³/mol. The van der Waals surface area contributed by atoms with Gasteiger partial charge in [0.25, 0.3) is 0 Å². The van der Waals surface area contributed by atoms with Crippen LogP contribution in [0.3, 0.4) is 0 Å². The molecule has 20 heavy (non-hydrogen) atoms. The number of amides is 1. The molecule has 112 valence electrons. The molecule has 0 aliphatic carbocycles. The van der Waals surface area contributed by atoms with E-state index < -0.39 is 0 Å². The van der Waals surface area contributed by atoms with E-state index in [1.54, 1.807) is 11.3 Å². The number of hydrogen-bond acceptors (Lipinski definition) is 3. The molecule has 1 aliphatic rings. The Balaban J connectivity index is 2.00. The minimum atomic E-state index is 0.0687. The van der Waals surface area contributed by atoms with Crippen molar-refractivity contribution in [3.05, 3.63) is 22.4 Å². The third-order valence-electron chi connectivity index (χ3n) is 3.99. The van der Waals surface area contributed by atoms with E-state index in [4.69, 9.17) is 0 Å². The largest absolute Gasteiger partial charge is 0.321 e. The van der Waals surface area contributed by atoms with Gasteiger partial charge < -0.3 is 4.90 Å². The first-order chi connectivity index (χ1) is 9.53. The van der Waals surface area contributed by atoms with Crippen LogP contribution in [0, 0.1) is 5.41 Å². The molecule has 2 heterocycles. The standard InChI is InChI=1S/C16H26N2OS/c1-4-5-6-8-16(2,3)12-18-14(19)10-17-15(18)13-7-9-20-11-13/h7,9,11,15,17H,4-6,8,10,12H2,1-3H3. The second-order valence-corrected chi connectivity index (χ2v) is 7.26. The van der Waals surface area contributed by atoms with Gasteiger partial charge in [-0.1, -0.05) is 40.0 Å². The second-order valence-electron chi connectivity index (χ2n) is 6.48. The zero-order valence-corrected chi connectivity index (χ0v) is 13.6. The Morgan fingerprint density at radius 1 is 1.45 bits per heavy atom. The van der Waals surface area contributed by atoms with Crippen LogP contribution in [0.5, 0.6) is 0 Å². The number of thiophene rings is 1. The van der Waals surface area contributed by atoms with Gasteiger partial charge in [0.1, 0.15) is 6.17 Å². The molecule has 0 bridgehead atoms. The first-order valence-electron chi connectivity index (χ1n) is 7.58. The van der Waals surface area contributed by atoms with Gasteiger partial charge in [-0.25, -0.2) is 0 Å². The summed E-state index contributed by atoms with van der Waals surface area (Å²) in [5.74, 6) is 0.227. The summed E-state index contributed by atoms with van der Waals surface area (Å²) in [6, 6.07) is 2.11. The quantitative estimate of drug-likeness (QED) is 0.776. The first-order valence-corrected chi connectivity index (χ1v) is 8.53. The highest BCUT2D eigenvalue weighted by molar-refractivity contribution is 7.07. The molecule has 1 N–H and O–H groups in total. The lowest BCUT2D eigenvalue weighted by Gasteiger charge is -2.33. The fourth-order valence-corrected chi connectivity index (χ4v) is 3.52. The number of rotatable bonds is 7. The maximum absolute atomic E-state index is 12.2. The van der Waals surface area contributed by atoms with Crippen LogP contribution in [-0.4, -0.2) is 23.9 Å². The maximum atomic E-state index is 12.2. The summed E-state index contributed by atoms with van der Waals surface area (Å²) in [6.07, 6.45) is 5.03. The number of unbranched alkanes of at least 4 members (excludes halogenated alkanes) is 2. The molecular weight excluding hydrogens is 268 g/mol. The maximum Gasteiger partial charge on any atom is 0.238 e. The van der Waals surface area contributed by atoms with Gasteiger partial charge in [0.2, 0.25) is 5.91 Å². The Morgan fingerprint density at radius 3 is 2.90 bits per heavy atom. The summed E-state index contributed by atoms with van der Waals surface area (Å²) < 4.78 is 0. The molecule has 0 spiro atoms. The van der Waals surface area contributed by atoms with Gasteiger partial charge in [0.05, 0.1) is 6.54 Å². The SMILES string of the molecule is CCCCCC(C)(C)CN1C(=O)CNC1c1ccsc1. The average Bonchev–Trinajstić information content (AvgIpc) is 3.01. The molecule has 1 aliphatic heterocycles. The molecule has 1 atom stereocenters. The first kappa shape index (κ1) is 15.5. The van der Waals surface area contributed by atoms with Gasteiger partial charge in [-0.3, -0.25) is 10.1 Å². The van der Waals surface area contributed by atoms with Crippen molar-refractivity contribution in [2.24, 2.45) is 5.41 Å². The number of nitrogens with zero attached hydrogens (tertiary/aromatic N) is 1. The number of nitrogens with one attached hydrogen (secondary N) is 1. The third-order valence-corrected chi connectivity index (χ3v) is 4.69. The van der Waals surface area contributed by atoms with E-state index in [9.17, 15) is 4.79 Å². The van der Waals surface area contributed by atoms with Gasteiger partial charge >= 0.3 is 0 Å². The average molecular weight is 294 g/mol. The van der Waals surface area contributed by atoms with Crippen LogP contribution in [0.25, 0.3) is 0 Å². The Bertz CT molecular complexity index is 428. The van der Waals surface area contributed by atoms with Crippen LogP contribution in [0.1, 0.15) is 58.2 Å².